The molecule has 0 bridgehead atoms. The minimum absolute atomic E-state index is 0. The molecule has 0 radical (unpaired) electrons. The highest BCUT2D eigenvalue weighted by Crippen LogP contribution is 2.17. The van der Waals surface area contributed by atoms with Crippen LogP contribution in [0, 0.1) is 0 Å². The maximum Gasteiger partial charge on any atom is 0.253 e. The van der Waals surface area contributed by atoms with Crippen LogP contribution < -0.4 is 5.73 Å². The van der Waals surface area contributed by atoms with Gasteiger partial charge in [0, 0.05) is 37.8 Å². The highest BCUT2D eigenvalue weighted by molar-refractivity contribution is 5.94. The molecule has 1 heterocycles. The van der Waals surface area contributed by atoms with E-state index in [1.807, 2.05) is 17.0 Å². The lowest BCUT2D eigenvalue weighted by atomic mass is 10.1. The molecular formula is C21H37Cl2N3O2. The van der Waals surface area contributed by atoms with Crippen LogP contribution in [0.2, 0.25) is 0 Å². The van der Waals surface area contributed by atoms with Gasteiger partial charge < -0.3 is 15.4 Å². The minimum Gasteiger partial charge on any atom is -0.378 e. The molecule has 0 atom stereocenters. The van der Waals surface area contributed by atoms with Gasteiger partial charge in [-0.1, -0.05) is 19.1 Å². The number of nitrogens with zero attached hydrogens (tertiary/aromatic N) is 2. The van der Waals surface area contributed by atoms with Crippen molar-refractivity contribution in [2.24, 2.45) is 5.73 Å². The number of rotatable bonds is 9. The fourth-order valence-electron chi connectivity index (χ4n) is 3.39. The third-order valence-electron chi connectivity index (χ3n) is 5.15. The van der Waals surface area contributed by atoms with Crippen molar-refractivity contribution in [3.63, 3.8) is 0 Å². The molecule has 1 amide bonds. The van der Waals surface area contributed by atoms with Gasteiger partial charge in [0.2, 0.25) is 0 Å². The van der Waals surface area contributed by atoms with E-state index in [4.69, 9.17) is 10.5 Å². The van der Waals surface area contributed by atoms with Crippen molar-refractivity contribution in [3.8, 4) is 0 Å². The molecule has 1 aromatic carbocycles. The molecule has 1 fully saturated rings. The second-order valence-electron chi connectivity index (χ2n) is 7.36. The lowest BCUT2D eigenvalue weighted by molar-refractivity contribution is 0.00844. The van der Waals surface area contributed by atoms with Gasteiger partial charge in [0.25, 0.3) is 5.91 Å². The van der Waals surface area contributed by atoms with Crippen LogP contribution in [0.25, 0.3) is 0 Å². The van der Waals surface area contributed by atoms with E-state index in [0.29, 0.717) is 12.6 Å². The smallest absolute Gasteiger partial charge is 0.253 e. The lowest BCUT2D eigenvalue weighted by Gasteiger charge is -2.32. The van der Waals surface area contributed by atoms with Gasteiger partial charge in [0.05, 0.1) is 6.10 Å². The number of piperidine rings is 1. The van der Waals surface area contributed by atoms with E-state index in [1.165, 1.54) is 5.56 Å². The van der Waals surface area contributed by atoms with Crippen LogP contribution >= 0.6 is 24.8 Å². The molecule has 1 aromatic rings. The van der Waals surface area contributed by atoms with Crippen LogP contribution in [-0.2, 0) is 11.3 Å². The van der Waals surface area contributed by atoms with Crippen LogP contribution in [0.1, 0.15) is 56.0 Å². The summed E-state index contributed by atoms with van der Waals surface area (Å²) in [6, 6.07) is 8.63. The molecule has 0 saturated carbocycles. The summed E-state index contributed by atoms with van der Waals surface area (Å²) < 4.78 is 5.82. The Hall–Kier alpha value is -0.850. The van der Waals surface area contributed by atoms with E-state index in [1.54, 1.807) is 0 Å². The second-order valence-corrected chi connectivity index (χ2v) is 7.36. The molecule has 0 spiro atoms. The van der Waals surface area contributed by atoms with Crippen LogP contribution in [0.15, 0.2) is 24.3 Å². The van der Waals surface area contributed by atoms with Gasteiger partial charge in [-0.05, 0) is 63.9 Å². The standard InChI is InChI=1S/C21H35N3O2.2ClH/c1-4-23(17(2)3)16-18-6-8-19(9-7-18)21(25)24-13-10-20(11-14-24)26-15-5-12-22;;/h6-9,17,20H,4-5,10-16,22H2,1-3H3;2*1H. The van der Waals surface area contributed by atoms with Gasteiger partial charge in [-0.2, -0.15) is 0 Å². The van der Waals surface area contributed by atoms with Gasteiger partial charge in [-0.15, -0.1) is 24.8 Å². The number of hydrogen-bond acceptors (Lipinski definition) is 4. The molecule has 1 aliphatic heterocycles. The van der Waals surface area contributed by atoms with Crippen LogP contribution in [0.5, 0.6) is 0 Å². The Morgan fingerprint density at radius 2 is 1.82 bits per heavy atom. The Morgan fingerprint density at radius 3 is 2.32 bits per heavy atom. The molecule has 28 heavy (non-hydrogen) atoms. The summed E-state index contributed by atoms with van der Waals surface area (Å²) in [7, 11) is 0. The Kier molecular flexibility index (Phi) is 13.8. The van der Waals surface area contributed by atoms with E-state index in [0.717, 1.165) is 57.6 Å². The first kappa shape index (κ1) is 27.1. The first-order chi connectivity index (χ1) is 12.5. The van der Waals surface area contributed by atoms with Crippen molar-refractivity contribution < 1.29 is 9.53 Å². The zero-order valence-corrected chi connectivity index (χ0v) is 19.1. The van der Waals surface area contributed by atoms with E-state index in [-0.39, 0.29) is 36.8 Å². The van der Waals surface area contributed by atoms with Gasteiger partial charge in [0.15, 0.2) is 0 Å². The van der Waals surface area contributed by atoms with Gasteiger partial charge in [-0.25, -0.2) is 0 Å². The van der Waals surface area contributed by atoms with E-state index < -0.39 is 0 Å². The molecule has 2 rings (SSSR count). The van der Waals surface area contributed by atoms with Gasteiger partial charge in [0.1, 0.15) is 0 Å². The number of amides is 1. The molecule has 0 aliphatic carbocycles. The molecule has 1 aliphatic rings. The summed E-state index contributed by atoms with van der Waals surface area (Å²) in [5, 5.41) is 0. The summed E-state index contributed by atoms with van der Waals surface area (Å²) in [5.74, 6) is 0.133. The molecule has 7 heteroatoms. The zero-order valence-electron chi connectivity index (χ0n) is 17.4. The average molecular weight is 434 g/mol. The van der Waals surface area contributed by atoms with Crippen molar-refractivity contribution >= 4 is 30.7 Å². The van der Waals surface area contributed by atoms with Crippen LogP contribution in [0.3, 0.4) is 0 Å². The number of carbonyl (C=O) groups excluding carboxylic acids is 1. The molecule has 2 N–H and O–H groups in total. The van der Waals surface area contributed by atoms with E-state index in [2.05, 4.69) is 37.8 Å². The Bertz CT molecular complexity index is 547. The summed E-state index contributed by atoms with van der Waals surface area (Å²) in [6.45, 7) is 11.5. The Balaban J connectivity index is 0.00000364. The highest BCUT2D eigenvalue weighted by Gasteiger charge is 2.24. The SMILES string of the molecule is CCN(Cc1ccc(C(=O)N2CCC(OCCCN)CC2)cc1)C(C)C.Cl.Cl. The predicted octanol–water partition coefficient (Wildman–Crippen LogP) is 3.73. The maximum absolute atomic E-state index is 12.7. The Labute approximate surface area is 182 Å². The first-order valence-electron chi connectivity index (χ1n) is 9.99. The fourth-order valence-corrected chi connectivity index (χ4v) is 3.39. The first-order valence-corrected chi connectivity index (χ1v) is 9.99. The maximum atomic E-state index is 12.7. The third-order valence-corrected chi connectivity index (χ3v) is 5.15. The number of halogens is 2. The van der Waals surface area contributed by atoms with Gasteiger partial charge in [-0.3, -0.25) is 9.69 Å². The monoisotopic (exact) mass is 433 g/mol. The van der Waals surface area contributed by atoms with Crippen molar-refractivity contribution in [3.05, 3.63) is 35.4 Å². The highest BCUT2D eigenvalue weighted by atomic mass is 35.5. The number of nitrogens with two attached hydrogens (primary N) is 1. The van der Waals surface area contributed by atoms with E-state index in [9.17, 15) is 4.79 Å². The van der Waals surface area contributed by atoms with E-state index >= 15 is 0 Å². The number of carbonyl (C=O) groups is 1. The average Bonchev–Trinajstić information content (AvgIpc) is 2.66. The normalized spacial score (nSPS) is 14.7. The molecule has 5 nitrogen and oxygen atoms in total. The van der Waals surface area contributed by atoms with Crippen LogP contribution in [0.4, 0.5) is 0 Å². The topological polar surface area (TPSA) is 58.8 Å². The number of ether oxygens (including phenoxy) is 1. The molecule has 1 saturated heterocycles. The molecular weight excluding hydrogens is 397 g/mol. The third kappa shape index (κ3) is 8.26. The summed E-state index contributed by atoms with van der Waals surface area (Å²) >= 11 is 0. The summed E-state index contributed by atoms with van der Waals surface area (Å²) in [5.41, 5.74) is 7.53. The largest absolute Gasteiger partial charge is 0.378 e. The fraction of sp³-hybridized carbons (Fsp3) is 0.667. The molecule has 0 aromatic heterocycles. The molecule has 162 valence electrons. The minimum atomic E-state index is 0. The predicted molar refractivity (Wildman–Crippen MR) is 121 cm³/mol. The number of likely N-dealkylation sites (tertiary alicyclic amines) is 1. The van der Waals surface area contributed by atoms with Crippen molar-refractivity contribution in [2.75, 3.05) is 32.8 Å². The quantitative estimate of drug-likeness (QED) is 0.602. The lowest BCUT2D eigenvalue weighted by Crippen LogP contribution is -2.41. The van der Waals surface area contributed by atoms with Crippen molar-refractivity contribution in [1.82, 2.24) is 9.80 Å². The van der Waals surface area contributed by atoms with Crippen molar-refractivity contribution in [2.45, 2.75) is 58.7 Å². The summed E-state index contributed by atoms with van der Waals surface area (Å²) in [4.78, 5) is 17.1. The second kappa shape index (κ2) is 14.2. The van der Waals surface area contributed by atoms with Crippen LogP contribution in [-0.4, -0.2) is 60.6 Å². The number of hydrogen-bond donors (Lipinski definition) is 1. The zero-order chi connectivity index (χ0) is 18.9. The summed E-state index contributed by atoms with van der Waals surface area (Å²) in [6.07, 6.45) is 2.99. The molecule has 0 unspecified atom stereocenters. The number of benzene rings is 1. The van der Waals surface area contributed by atoms with Gasteiger partial charge >= 0.3 is 0 Å². The van der Waals surface area contributed by atoms with Crippen molar-refractivity contribution in [1.29, 1.82) is 0 Å². The Morgan fingerprint density at radius 1 is 1.21 bits per heavy atom.